The zero-order valence-corrected chi connectivity index (χ0v) is 20.9. The molecule has 2 atom stereocenters. The van der Waals surface area contributed by atoms with Gasteiger partial charge in [-0.25, -0.2) is 0 Å². The van der Waals surface area contributed by atoms with Gasteiger partial charge >= 0.3 is 0 Å². The zero-order valence-electron chi connectivity index (χ0n) is 17.7. The summed E-state index contributed by atoms with van der Waals surface area (Å²) in [6, 6.07) is 8.13. The van der Waals surface area contributed by atoms with Crippen molar-refractivity contribution in [1.29, 1.82) is 0 Å². The largest absolute Gasteiger partial charge is 0.496 e. The summed E-state index contributed by atoms with van der Waals surface area (Å²) < 4.78 is 5.42. The molecule has 7 heteroatoms. The van der Waals surface area contributed by atoms with Crippen molar-refractivity contribution >= 4 is 41.7 Å². The Bertz CT molecular complexity index is 540. The number of nitrogens with one attached hydrogen (secondary N) is 2. The Hall–Kier alpha value is -0.670. The number of thioether (sulfide) groups is 1. The SMILES string of the molecule is CCCC(CCO)CNC(=NCC(C)CSc1ccccc1OC)NCC.I. The topological polar surface area (TPSA) is 65.9 Å². The first-order valence-electron chi connectivity index (χ1n) is 10.0. The summed E-state index contributed by atoms with van der Waals surface area (Å²) >= 11 is 1.81. The molecule has 0 heterocycles. The molecule has 0 amide bonds. The lowest BCUT2D eigenvalue weighted by molar-refractivity contribution is 0.251. The first-order chi connectivity index (χ1) is 13.1. The van der Waals surface area contributed by atoms with Gasteiger partial charge in [0.2, 0.25) is 0 Å². The normalized spacial score (nSPS) is 13.4. The molecule has 0 aromatic heterocycles. The van der Waals surface area contributed by atoms with Crippen LogP contribution in [-0.2, 0) is 0 Å². The summed E-state index contributed by atoms with van der Waals surface area (Å²) in [4.78, 5) is 5.92. The highest BCUT2D eigenvalue weighted by Crippen LogP contribution is 2.29. The van der Waals surface area contributed by atoms with Crippen molar-refractivity contribution in [3.05, 3.63) is 24.3 Å². The number of nitrogens with zero attached hydrogens (tertiary/aromatic N) is 1. The summed E-state index contributed by atoms with van der Waals surface area (Å²) in [6.45, 7) is 9.20. The van der Waals surface area contributed by atoms with E-state index in [1.54, 1.807) is 7.11 Å². The van der Waals surface area contributed by atoms with Crippen molar-refractivity contribution < 1.29 is 9.84 Å². The molecular formula is C21H38IN3O2S. The molecule has 5 nitrogen and oxygen atoms in total. The van der Waals surface area contributed by atoms with Gasteiger partial charge in [0.25, 0.3) is 0 Å². The number of methoxy groups -OCH3 is 1. The highest BCUT2D eigenvalue weighted by molar-refractivity contribution is 14.0. The lowest BCUT2D eigenvalue weighted by atomic mass is 10.0. The van der Waals surface area contributed by atoms with E-state index in [4.69, 9.17) is 9.73 Å². The van der Waals surface area contributed by atoms with Gasteiger partial charge in [0.15, 0.2) is 5.96 Å². The second kappa shape index (κ2) is 17.2. The molecule has 0 spiro atoms. The number of halogens is 1. The molecule has 1 aromatic rings. The van der Waals surface area contributed by atoms with Crippen LogP contribution in [0, 0.1) is 11.8 Å². The Labute approximate surface area is 192 Å². The van der Waals surface area contributed by atoms with E-state index in [-0.39, 0.29) is 30.6 Å². The quantitative estimate of drug-likeness (QED) is 0.155. The van der Waals surface area contributed by atoms with Gasteiger partial charge in [-0.15, -0.1) is 35.7 Å². The van der Waals surface area contributed by atoms with Crippen LogP contribution in [0.25, 0.3) is 0 Å². The molecule has 0 aliphatic rings. The number of aliphatic hydroxyl groups is 1. The third-order valence-electron chi connectivity index (χ3n) is 4.29. The van der Waals surface area contributed by atoms with Crippen LogP contribution in [0.1, 0.15) is 40.0 Å². The van der Waals surface area contributed by atoms with Crippen molar-refractivity contribution in [2.24, 2.45) is 16.8 Å². The van der Waals surface area contributed by atoms with Crippen molar-refractivity contribution in [2.45, 2.75) is 44.9 Å². The van der Waals surface area contributed by atoms with Crippen LogP contribution >= 0.6 is 35.7 Å². The molecule has 1 rings (SSSR count). The molecule has 28 heavy (non-hydrogen) atoms. The van der Waals surface area contributed by atoms with E-state index in [1.807, 2.05) is 30.0 Å². The second-order valence-electron chi connectivity index (χ2n) is 6.83. The first-order valence-corrected chi connectivity index (χ1v) is 11.0. The fourth-order valence-corrected chi connectivity index (χ4v) is 3.83. The average molecular weight is 524 g/mol. The highest BCUT2D eigenvalue weighted by atomic mass is 127. The molecule has 0 saturated carbocycles. The van der Waals surface area contributed by atoms with Gasteiger partial charge < -0.3 is 20.5 Å². The Morgan fingerprint density at radius 2 is 1.96 bits per heavy atom. The number of rotatable bonds is 13. The number of benzene rings is 1. The maximum Gasteiger partial charge on any atom is 0.191 e. The third kappa shape index (κ3) is 11.4. The smallest absolute Gasteiger partial charge is 0.191 e. The summed E-state index contributed by atoms with van der Waals surface area (Å²) in [5.41, 5.74) is 0. The van der Waals surface area contributed by atoms with Crippen molar-refractivity contribution in [3.63, 3.8) is 0 Å². The third-order valence-corrected chi connectivity index (χ3v) is 5.67. The number of aliphatic imine (C=N–C) groups is 1. The molecule has 0 saturated heterocycles. The highest BCUT2D eigenvalue weighted by Gasteiger charge is 2.10. The molecule has 0 radical (unpaired) electrons. The standard InChI is InChI=1S/C21H37N3O2S.HI/c1-5-9-18(12-13-25)15-24-21(22-6-2)23-14-17(3)16-27-20-11-8-7-10-19(20)26-4;/h7-8,10-11,17-18,25H,5-6,9,12-16H2,1-4H3,(H2,22,23,24);1H. The molecule has 0 aliphatic carbocycles. The van der Waals surface area contributed by atoms with Crippen LogP contribution in [-0.4, -0.2) is 50.2 Å². The Morgan fingerprint density at radius 3 is 2.61 bits per heavy atom. The van der Waals surface area contributed by atoms with Crippen LogP contribution in [0.15, 0.2) is 34.2 Å². The first kappa shape index (κ1) is 27.3. The summed E-state index contributed by atoms with van der Waals surface area (Å²) in [5.74, 6) is 3.73. The second-order valence-corrected chi connectivity index (χ2v) is 7.90. The Balaban J connectivity index is 0.00000729. The van der Waals surface area contributed by atoms with E-state index in [0.29, 0.717) is 11.8 Å². The summed E-state index contributed by atoms with van der Waals surface area (Å²) in [6.07, 6.45) is 3.10. The minimum atomic E-state index is 0. The number of aliphatic hydroxyl groups excluding tert-OH is 1. The van der Waals surface area contributed by atoms with Gasteiger partial charge in [-0.05, 0) is 43.7 Å². The van der Waals surface area contributed by atoms with Crippen LogP contribution in [0.4, 0.5) is 0 Å². The number of guanidine groups is 1. The van der Waals surface area contributed by atoms with Crippen molar-refractivity contribution in [1.82, 2.24) is 10.6 Å². The molecule has 1 aromatic carbocycles. The Kier molecular flexibility index (Phi) is 16.8. The van der Waals surface area contributed by atoms with E-state index < -0.39 is 0 Å². The van der Waals surface area contributed by atoms with Gasteiger partial charge in [-0.2, -0.15) is 0 Å². The van der Waals surface area contributed by atoms with Gasteiger partial charge in [-0.1, -0.05) is 32.4 Å². The van der Waals surface area contributed by atoms with Crippen LogP contribution in [0.2, 0.25) is 0 Å². The molecule has 0 aliphatic heterocycles. The molecule has 3 N–H and O–H groups in total. The number of hydrogen-bond acceptors (Lipinski definition) is 4. The van der Waals surface area contributed by atoms with Crippen molar-refractivity contribution in [2.75, 3.05) is 39.1 Å². The van der Waals surface area contributed by atoms with E-state index in [2.05, 4.69) is 37.5 Å². The maximum atomic E-state index is 9.21. The van der Waals surface area contributed by atoms with E-state index in [9.17, 15) is 5.11 Å². The van der Waals surface area contributed by atoms with Crippen LogP contribution in [0.5, 0.6) is 5.75 Å². The lowest BCUT2D eigenvalue weighted by Crippen LogP contribution is -2.40. The van der Waals surface area contributed by atoms with Gasteiger partial charge in [0.1, 0.15) is 5.75 Å². The molecule has 2 unspecified atom stereocenters. The van der Waals surface area contributed by atoms with Crippen LogP contribution < -0.4 is 15.4 Å². The monoisotopic (exact) mass is 523 g/mol. The number of hydrogen-bond donors (Lipinski definition) is 3. The minimum absolute atomic E-state index is 0. The predicted octanol–water partition coefficient (Wildman–Crippen LogP) is 4.40. The summed E-state index contributed by atoms with van der Waals surface area (Å²) in [7, 11) is 1.71. The molecule has 162 valence electrons. The van der Waals surface area contributed by atoms with Gasteiger partial charge in [0.05, 0.1) is 7.11 Å². The number of para-hydroxylation sites is 1. The van der Waals surface area contributed by atoms with E-state index in [1.165, 1.54) is 4.90 Å². The zero-order chi connectivity index (χ0) is 19.9. The minimum Gasteiger partial charge on any atom is -0.496 e. The van der Waals surface area contributed by atoms with Crippen LogP contribution in [0.3, 0.4) is 0 Å². The van der Waals surface area contributed by atoms with E-state index in [0.717, 1.165) is 56.4 Å². The molecule has 0 fully saturated rings. The molecule has 0 bridgehead atoms. The van der Waals surface area contributed by atoms with E-state index >= 15 is 0 Å². The number of ether oxygens (including phenoxy) is 1. The predicted molar refractivity (Wildman–Crippen MR) is 132 cm³/mol. The van der Waals surface area contributed by atoms with Gasteiger partial charge in [-0.3, -0.25) is 4.99 Å². The average Bonchev–Trinajstić information content (AvgIpc) is 2.68. The molecular weight excluding hydrogens is 485 g/mol. The fourth-order valence-electron chi connectivity index (χ4n) is 2.79. The van der Waals surface area contributed by atoms with Gasteiger partial charge in [0, 0.05) is 36.9 Å². The maximum absolute atomic E-state index is 9.21. The lowest BCUT2D eigenvalue weighted by Gasteiger charge is -2.18. The Morgan fingerprint density at radius 1 is 1.21 bits per heavy atom. The van der Waals surface area contributed by atoms with Crippen molar-refractivity contribution in [3.8, 4) is 5.75 Å². The summed E-state index contributed by atoms with van der Waals surface area (Å²) in [5, 5.41) is 16.0. The fraction of sp³-hybridized carbons (Fsp3) is 0.667.